The molecule has 1 unspecified atom stereocenters. The lowest BCUT2D eigenvalue weighted by molar-refractivity contribution is -0.183. The number of ether oxygens (including phenoxy) is 2. The Bertz CT molecular complexity index is 936. The SMILES string of the molecule is COC1(c2ccccc2)CCc2c(CCl)cn3c(C)c(C)nc3c2O1. The molecule has 0 radical (unpaired) electrons. The van der Waals surface area contributed by atoms with Gasteiger partial charge in [-0.3, -0.25) is 0 Å². The largest absolute Gasteiger partial charge is 0.454 e. The second kappa shape index (κ2) is 6.04. The molecule has 0 amide bonds. The van der Waals surface area contributed by atoms with Gasteiger partial charge in [-0.05, 0) is 25.8 Å². The summed E-state index contributed by atoms with van der Waals surface area (Å²) in [4.78, 5) is 4.73. The number of nitrogens with zero attached hydrogens (tertiary/aromatic N) is 2. The van der Waals surface area contributed by atoms with Crippen molar-refractivity contribution in [1.82, 2.24) is 9.38 Å². The van der Waals surface area contributed by atoms with Gasteiger partial charge in [0, 0.05) is 42.4 Å². The van der Waals surface area contributed by atoms with E-state index in [-0.39, 0.29) is 0 Å². The zero-order valence-electron chi connectivity index (χ0n) is 14.7. The second-order valence-corrected chi connectivity index (χ2v) is 6.76. The molecule has 0 saturated carbocycles. The van der Waals surface area contributed by atoms with Crippen molar-refractivity contribution >= 4 is 17.2 Å². The highest BCUT2D eigenvalue weighted by atomic mass is 35.5. The number of imidazole rings is 1. The normalized spacial score (nSPS) is 19.7. The molecule has 0 fully saturated rings. The molecule has 0 N–H and O–H groups in total. The molecule has 2 aromatic heterocycles. The average Bonchev–Trinajstić information content (AvgIpc) is 2.96. The van der Waals surface area contributed by atoms with E-state index in [0.29, 0.717) is 5.88 Å². The summed E-state index contributed by atoms with van der Waals surface area (Å²) < 4.78 is 14.5. The van der Waals surface area contributed by atoms with E-state index in [9.17, 15) is 0 Å². The van der Waals surface area contributed by atoms with Crippen molar-refractivity contribution in [3.05, 3.63) is 64.6 Å². The van der Waals surface area contributed by atoms with E-state index in [2.05, 4.69) is 17.5 Å². The van der Waals surface area contributed by atoms with Crippen LogP contribution in [0.2, 0.25) is 0 Å². The van der Waals surface area contributed by atoms with E-state index < -0.39 is 5.79 Å². The summed E-state index contributed by atoms with van der Waals surface area (Å²) >= 11 is 6.22. The Morgan fingerprint density at radius 2 is 2.04 bits per heavy atom. The quantitative estimate of drug-likeness (QED) is 0.647. The van der Waals surface area contributed by atoms with E-state index in [0.717, 1.165) is 52.3 Å². The molecule has 3 heterocycles. The zero-order valence-corrected chi connectivity index (χ0v) is 15.4. The van der Waals surface area contributed by atoms with Crippen LogP contribution in [0.4, 0.5) is 0 Å². The highest BCUT2D eigenvalue weighted by Gasteiger charge is 2.40. The number of benzene rings is 1. The summed E-state index contributed by atoms with van der Waals surface area (Å²) in [6.45, 7) is 4.07. The molecule has 1 aromatic carbocycles. The molecule has 4 nitrogen and oxygen atoms in total. The predicted octanol–water partition coefficient (Wildman–Crippen LogP) is 4.51. The number of fused-ring (bicyclic) bond motifs is 3. The van der Waals surface area contributed by atoms with Crippen LogP contribution in [-0.2, 0) is 22.8 Å². The Balaban J connectivity index is 1.94. The van der Waals surface area contributed by atoms with Crippen LogP contribution in [0.25, 0.3) is 5.65 Å². The van der Waals surface area contributed by atoms with Crippen LogP contribution < -0.4 is 4.74 Å². The van der Waals surface area contributed by atoms with Gasteiger partial charge >= 0.3 is 0 Å². The molecule has 0 aliphatic carbocycles. The van der Waals surface area contributed by atoms with Crippen LogP contribution in [0.3, 0.4) is 0 Å². The number of methoxy groups -OCH3 is 1. The topological polar surface area (TPSA) is 35.8 Å². The molecule has 5 heteroatoms. The number of rotatable bonds is 3. The van der Waals surface area contributed by atoms with E-state index in [4.69, 9.17) is 26.1 Å². The smallest absolute Gasteiger partial charge is 0.237 e. The average molecular weight is 357 g/mol. The summed E-state index contributed by atoms with van der Waals surface area (Å²) in [5, 5.41) is 0. The van der Waals surface area contributed by atoms with E-state index in [1.807, 2.05) is 37.3 Å². The Labute approximate surface area is 152 Å². The molecule has 0 spiro atoms. The van der Waals surface area contributed by atoms with Crippen LogP contribution in [0.5, 0.6) is 5.75 Å². The molecule has 1 atom stereocenters. The fourth-order valence-corrected chi connectivity index (χ4v) is 3.85. The Kier molecular flexibility index (Phi) is 3.97. The van der Waals surface area contributed by atoms with Gasteiger partial charge in [0.2, 0.25) is 5.79 Å². The van der Waals surface area contributed by atoms with Gasteiger partial charge < -0.3 is 13.9 Å². The number of halogens is 1. The molecule has 130 valence electrons. The van der Waals surface area contributed by atoms with Crippen molar-refractivity contribution in [3.8, 4) is 5.75 Å². The van der Waals surface area contributed by atoms with Crippen molar-refractivity contribution in [1.29, 1.82) is 0 Å². The Morgan fingerprint density at radius 1 is 1.28 bits per heavy atom. The van der Waals surface area contributed by atoms with E-state index >= 15 is 0 Å². The first-order chi connectivity index (χ1) is 12.1. The number of aryl methyl sites for hydroxylation is 2. The van der Waals surface area contributed by atoms with Crippen molar-refractivity contribution in [2.24, 2.45) is 0 Å². The first kappa shape index (κ1) is 16.4. The van der Waals surface area contributed by atoms with Gasteiger partial charge in [-0.2, -0.15) is 0 Å². The number of hydrogen-bond donors (Lipinski definition) is 0. The molecule has 25 heavy (non-hydrogen) atoms. The standard InChI is InChI=1S/C20H21ClN2O2/c1-13-14(2)23-12-15(11-21)17-9-10-20(24-3,16-7-5-4-6-8-16)25-18(17)19(23)22-13/h4-8,12H,9-11H2,1-3H3. The highest BCUT2D eigenvalue weighted by Crippen LogP contribution is 2.44. The fraction of sp³-hybridized carbons (Fsp3) is 0.350. The first-order valence-electron chi connectivity index (χ1n) is 8.45. The number of pyridine rings is 1. The molecule has 4 rings (SSSR count). The molecule has 1 aliphatic rings. The fourth-order valence-electron chi connectivity index (χ4n) is 3.62. The predicted molar refractivity (Wildman–Crippen MR) is 98.3 cm³/mol. The zero-order chi connectivity index (χ0) is 17.6. The summed E-state index contributed by atoms with van der Waals surface area (Å²) in [7, 11) is 1.70. The maximum absolute atomic E-state index is 6.51. The van der Waals surface area contributed by atoms with Crippen LogP contribution >= 0.6 is 11.6 Å². The van der Waals surface area contributed by atoms with Crippen LogP contribution in [0.1, 0.15) is 34.5 Å². The molecule has 1 aliphatic heterocycles. The van der Waals surface area contributed by atoms with Crippen molar-refractivity contribution < 1.29 is 9.47 Å². The molecular formula is C20H21ClN2O2. The van der Waals surface area contributed by atoms with Gasteiger partial charge in [-0.1, -0.05) is 30.3 Å². The molecule has 0 saturated heterocycles. The number of aromatic nitrogens is 2. The summed E-state index contributed by atoms with van der Waals surface area (Å²) in [6.07, 6.45) is 3.66. The summed E-state index contributed by atoms with van der Waals surface area (Å²) in [5.74, 6) is 0.433. The first-order valence-corrected chi connectivity index (χ1v) is 8.99. The minimum Gasteiger partial charge on any atom is -0.454 e. The van der Waals surface area contributed by atoms with E-state index in [1.165, 1.54) is 0 Å². The second-order valence-electron chi connectivity index (χ2n) is 6.50. The third-order valence-corrected chi connectivity index (χ3v) is 5.48. The van der Waals surface area contributed by atoms with Crippen molar-refractivity contribution in [2.75, 3.05) is 7.11 Å². The Morgan fingerprint density at radius 3 is 2.72 bits per heavy atom. The summed E-state index contributed by atoms with van der Waals surface area (Å²) in [6, 6.07) is 10.1. The van der Waals surface area contributed by atoms with Crippen LogP contribution in [0, 0.1) is 13.8 Å². The van der Waals surface area contributed by atoms with Crippen LogP contribution in [0.15, 0.2) is 36.5 Å². The van der Waals surface area contributed by atoms with Gasteiger partial charge in [-0.25, -0.2) is 4.98 Å². The monoisotopic (exact) mass is 356 g/mol. The Hall–Kier alpha value is -2.04. The van der Waals surface area contributed by atoms with Crippen molar-refractivity contribution in [2.45, 2.75) is 38.4 Å². The van der Waals surface area contributed by atoms with E-state index in [1.54, 1.807) is 7.11 Å². The minimum absolute atomic E-state index is 0.448. The van der Waals surface area contributed by atoms with Gasteiger partial charge in [0.15, 0.2) is 11.4 Å². The van der Waals surface area contributed by atoms with Gasteiger partial charge in [0.25, 0.3) is 0 Å². The minimum atomic E-state index is -0.798. The number of alkyl halides is 1. The van der Waals surface area contributed by atoms with Gasteiger partial charge in [0.05, 0.1) is 5.69 Å². The van der Waals surface area contributed by atoms with Crippen LogP contribution in [-0.4, -0.2) is 16.5 Å². The van der Waals surface area contributed by atoms with Gasteiger partial charge in [-0.15, -0.1) is 11.6 Å². The lowest BCUT2D eigenvalue weighted by Gasteiger charge is -2.38. The maximum Gasteiger partial charge on any atom is 0.237 e. The number of hydrogen-bond acceptors (Lipinski definition) is 3. The molecule has 3 aromatic rings. The van der Waals surface area contributed by atoms with Gasteiger partial charge in [0.1, 0.15) is 0 Å². The maximum atomic E-state index is 6.51. The summed E-state index contributed by atoms with van der Waals surface area (Å²) in [5.41, 5.74) is 6.15. The third-order valence-electron chi connectivity index (χ3n) is 5.19. The molecular weight excluding hydrogens is 336 g/mol. The molecule has 0 bridgehead atoms. The van der Waals surface area contributed by atoms with Crippen molar-refractivity contribution in [3.63, 3.8) is 0 Å². The highest BCUT2D eigenvalue weighted by molar-refractivity contribution is 6.17. The lowest BCUT2D eigenvalue weighted by Crippen LogP contribution is -2.39. The lowest BCUT2D eigenvalue weighted by atomic mass is 9.92. The third kappa shape index (κ3) is 2.43.